The van der Waals surface area contributed by atoms with E-state index in [2.05, 4.69) is 5.32 Å². The lowest BCUT2D eigenvalue weighted by Crippen LogP contribution is -2.26. The molecule has 0 spiro atoms. The van der Waals surface area contributed by atoms with E-state index in [4.69, 9.17) is 9.47 Å². The second-order valence-electron chi connectivity index (χ2n) is 6.58. The fourth-order valence-corrected chi connectivity index (χ4v) is 2.58. The number of methoxy groups -OCH3 is 1. The van der Waals surface area contributed by atoms with Crippen LogP contribution in [0.1, 0.15) is 34.3 Å². The molecular formula is C20H17F4NO4. The molecule has 154 valence electrons. The van der Waals surface area contributed by atoms with E-state index in [1.807, 2.05) is 0 Å². The average molecular weight is 411 g/mol. The van der Waals surface area contributed by atoms with Crippen molar-refractivity contribution in [2.75, 3.05) is 12.4 Å². The summed E-state index contributed by atoms with van der Waals surface area (Å²) in [5, 5.41) is 2.40. The topological polar surface area (TPSA) is 64.6 Å². The molecule has 2 aromatic carbocycles. The molecule has 9 heteroatoms. The molecule has 0 radical (unpaired) electrons. The van der Waals surface area contributed by atoms with Crippen LogP contribution in [0.25, 0.3) is 0 Å². The molecule has 29 heavy (non-hydrogen) atoms. The number of nitrogens with one attached hydrogen (secondary N) is 1. The Labute approximate surface area is 163 Å². The van der Waals surface area contributed by atoms with Gasteiger partial charge in [-0.15, -0.1) is 0 Å². The highest BCUT2D eigenvalue weighted by Gasteiger charge is 2.51. The van der Waals surface area contributed by atoms with E-state index in [1.165, 1.54) is 30.3 Å². The standard InChI is InChI=1S/C20H17F4NO4/c1-28-17(26)14-3-2-4-15(25-18(27)19(21)9-10-19)16(14)29-11-12-5-7-13(8-6-12)20(22,23)24/h2-8H,9-11H2,1H3,(H,25,27). The van der Waals surface area contributed by atoms with Crippen LogP contribution in [-0.4, -0.2) is 24.7 Å². The Morgan fingerprint density at radius 3 is 2.31 bits per heavy atom. The summed E-state index contributed by atoms with van der Waals surface area (Å²) in [5.41, 5.74) is -2.29. The molecule has 1 aliphatic rings. The number of esters is 1. The molecule has 1 saturated carbocycles. The monoisotopic (exact) mass is 411 g/mol. The molecule has 1 aliphatic carbocycles. The van der Waals surface area contributed by atoms with Crippen molar-refractivity contribution in [3.63, 3.8) is 0 Å². The zero-order chi connectivity index (χ0) is 21.2. The minimum Gasteiger partial charge on any atom is -0.486 e. The van der Waals surface area contributed by atoms with Gasteiger partial charge in [-0.25, -0.2) is 9.18 Å². The van der Waals surface area contributed by atoms with Crippen LogP contribution in [0.3, 0.4) is 0 Å². The second-order valence-corrected chi connectivity index (χ2v) is 6.58. The number of hydrogen-bond acceptors (Lipinski definition) is 4. The van der Waals surface area contributed by atoms with Crippen molar-refractivity contribution in [2.24, 2.45) is 0 Å². The Hall–Kier alpha value is -3.10. The predicted molar refractivity (Wildman–Crippen MR) is 95.3 cm³/mol. The number of carbonyl (C=O) groups excluding carboxylic acids is 2. The first kappa shape index (κ1) is 20.6. The van der Waals surface area contributed by atoms with Crippen molar-refractivity contribution in [3.8, 4) is 5.75 Å². The highest BCUT2D eigenvalue weighted by molar-refractivity contribution is 6.02. The quantitative estimate of drug-likeness (QED) is 0.561. The third-order valence-corrected chi connectivity index (χ3v) is 4.43. The van der Waals surface area contributed by atoms with Crippen molar-refractivity contribution < 1.29 is 36.6 Å². The molecule has 0 bridgehead atoms. The second kappa shape index (κ2) is 7.73. The van der Waals surface area contributed by atoms with Gasteiger partial charge < -0.3 is 14.8 Å². The number of hydrogen-bond donors (Lipinski definition) is 1. The molecule has 1 amide bonds. The van der Waals surface area contributed by atoms with E-state index in [0.29, 0.717) is 5.56 Å². The first-order valence-electron chi connectivity index (χ1n) is 8.65. The SMILES string of the molecule is COC(=O)c1cccc(NC(=O)C2(F)CC2)c1OCc1ccc(C(F)(F)F)cc1. The normalized spacial score (nSPS) is 14.8. The summed E-state index contributed by atoms with van der Waals surface area (Å²) in [6.07, 6.45) is -4.24. The van der Waals surface area contributed by atoms with Crippen LogP contribution in [0, 0.1) is 0 Å². The molecule has 3 rings (SSSR count). The number of para-hydroxylation sites is 1. The number of halogens is 4. The Bertz CT molecular complexity index is 921. The van der Waals surface area contributed by atoms with Crippen molar-refractivity contribution >= 4 is 17.6 Å². The third-order valence-electron chi connectivity index (χ3n) is 4.43. The lowest BCUT2D eigenvalue weighted by Gasteiger charge is -2.16. The van der Waals surface area contributed by atoms with Crippen LogP contribution < -0.4 is 10.1 Å². The first-order valence-corrected chi connectivity index (χ1v) is 8.65. The smallest absolute Gasteiger partial charge is 0.416 e. The molecule has 0 unspecified atom stereocenters. The lowest BCUT2D eigenvalue weighted by atomic mass is 10.1. The van der Waals surface area contributed by atoms with Gasteiger partial charge in [-0.2, -0.15) is 13.2 Å². The molecular weight excluding hydrogens is 394 g/mol. The number of ether oxygens (including phenoxy) is 2. The van der Waals surface area contributed by atoms with Gasteiger partial charge in [-0.1, -0.05) is 18.2 Å². The van der Waals surface area contributed by atoms with Gasteiger partial charge in [0, 0.05) is 0 Å². The number of rotatable bonds is 6. The summed E-state index contributed by atoms with van der Waals surface area (Å²) in [5.74, 6) is -1.65. The number of alkyl halides is 4. The van der Waals surface area contributed by atoms with Crippen LogP contribution in [0.2, 0.25) is 0 Å². The van der Waals surface area contributed by atoms with Crippen molar-refractivity contribution in [2.45, 2.75) is 31.3 Å². The van der Waals surface area contributed by atoms with Gasteiger partial charge in [-0.05, 0) is 42.7 Å². The number of anilines is 1. The zero-order valence-corrected chi connectivity index (χ0v) is 15.3. The van der Waals surface area contributed by atoms with Crippen LogP contribution in [0.5, 0.6) is 5.75 Å². The maximum atomic E-state index is 14.0. The van der Waals surface area contributed by atoms with Gasteiger partial charge in [0.2, 0.25) is 0 Å². The highest BCUT2D eigenvalue weighted by atomic mass is 19.4. The molecule has 1 fully saturated rings. The lowest BCUT2D eigenvalue weighted by molar-refractivity contribution is -0.137. The van der Waals surface area contributed by atoms with Crippen molar-refractivity contribution in [1.82, 2.24) is 0 Å². The maximum absolute atomic E-state index is 14.0. The summed E-state index contributed by atoms with van der Waals surface area (Å²) < 4.78 is 62.3. The predicted octanol–water partition coefficient (Wildman–Crippen LogP) is 4.51. The molecule has 5 nitrogen and oxygen atoms in total. The number of amides is 1. The van der Waals surface area contributed by atoms with E-state index >= 15 is 0 Å². The summed E-state index contributed by atoms with van der Waals surface area (Å²) in [6.45, 7) is -0.185. The number of benzene rings is 2. The van der Waals surface area contributed by atoms with E-state index in [-0.39, 0.29) is 36.4 Å². The molecule has 0 atom stereocenters. The van der Waals surface area contributed by atoms with Crippen molar-refractivity contribution in [1.29, 1.82) is 0 Å². The average Bonchev–Trinajstić information content (AvgIpc) is 3.44. The molecule has 0 heterocycles. The van der Waals surface area contributed by atoms with Gasteiger partial charge in [0.05, 0.1) is 18.4 Å². The van der Waals surface area contributed by atoms with E-state index < -0.39 is 29.3 Å². The Balaban J connectivity index is 1.83. The van der Waals surface area contributed by atoms with E-state index in [9.17, 15) is 27.2 Å². The number of carbonyl (C=O) groups is 2. The fraction of sp³-hybridized carbons (Fsp3) is 0.300. The molecule has 0 aromatic heterocycles. The van der Waals surface area contributed by atoms with E-state index in [0.717, 1.165) is 19.2 Å². The van der Waals surface area contributed by atoms with Crippen LogP contribution >= 0.6 is 0 Å². The van der Waals surface area contributed by atoms with Crippen LogP contribution in [0.15, 0.2) is 42.5 Å². The van der Waals surface area contributed by atoms with Crippen molar-refractivity contribution in [3.05, 3.63) is 59.2 Å². The summed E-state index contributed by atoms with van der Waals surface area (Å²) >= 11 is 0. The van der Waals surface area contributed by atoms with Gasteiger partial charge in [0.25, 0.3) is 5.91 Å². The molecule has 0 aliphatic heterocycles. The molecule has 2 aromatic rings. The molecule has 0 saturated heterocycles. The summed E-state index contributed by atoms with van der Waals surface area (Å²) in [4.78, 5) is 24.1. The first-order chi connectivity index (χ1) is 13.6. The van der Waals surface area contributed by atoms with Crippen LogP contribution in [-0.2, 0) is 22.3 Å². The van der Waals surface area contributed by atoms with Crippen LogP contribution in [0.4, 0.5) is 23.2 Å². The maximum Gasteiger partial charge on any atom is 0.416 e. The fourth-order valence-electron chi connectivity index (χ4n) is 2.58. The Morgan fingerprint density at radius 2 is 1.76 bits per heavy atom. The minimum atomic E-state index is -4.46. The van der Waals surface area contributed by atoms with Gasteiger partial charge in [-0.3, -0.25) is 4.79 Å². The van der Waals surface area contributed by atoms with Gasteiger partial charge in [0.1, 0.15) is 12.2 Å². The Kier molecular flexibility index (Phi) is 5.50. The Morgan fingerprint density at radius 1 is 1.10 bits per heavy atom. The highest BCUT2D eigenvalue weighted by Crippen LogP contribution is 2.41. The van der Waals surface area contributed by atoms with E-state index in [1.54, 1.807) is 0 Å². The van der Waals surface area contributed by atoms with Gasteiger partial charge >= 0.3 is 12.1 Å². The minimum absolute atomic E-state index is 0.0130. The largest absolute Gasteiger partial charge is 0.486 e. The van der Waals surface area contributed by atoms with Gasteiger partial charge in [0.15, 0.2) is 11.4 Å². The summed E-state index contributed by atoms with van der Waals surface area (Å²) in [7, 11) is 1.16. The third kappa shape index (κ3) is 4.67. The zero-order valence-electron chi connectivity index (χ0n) is 15.3. The molecule has 1 N–H and O–H groups in total. The summed E-state index contributed by atoms with van der Waals surface area (Å²) in [6, 6.07) is 8.58.